The van der Waals surface area contributed by atoms with E-state index in [1.165, 1.54) is 6.26 Å². The minimum atomic E-state index is -0.861. The number of fused-ring (bicyclic) bond motifs is 2. The van der Waals surface area contributed by atoms with E-state index < -0.39 is 10.8 Å². The van der Waals surface area contributed by atoms with Gasteiger partial charge in [0.1, 0.15) is 11.4 Å². The van der Waals surface area contributed by atoms with Crippen LogP contribution in [-0.4, -0.2) is 26.2 Å². The molecule has 0 fully saturated rings. The average molecular weight is 328 g/mol. The smallest absolute Gasteiger partial charge is 0.338 e. The van der Waals surface area contributed by atoms with E-state index in [1.807, 2.05) is 25.1 Å². The van der Waals surface area contributed by atoms with Crippen molar-refractivity contribution in [3.05, 3.63) is 41.8 Å². The SMILES string of the molecule is Cc1ccc2c(c1)Nc1c(cnn1C)C(=O)N2.[CH2-]S(C)=O.[Na+]. The number of anilines is 3. The molecule has 8 heteroatoms. The summed E-state index contributed by atoms with van der Waals surface area (Å²) >= 11 is 0. The van der Waals surface area contributed by atoms with Gasteiger partial charge in [-0.2, -0.15) is 5.10 Å². The molecule has 0 radical (unpaired) electrons. The van der Waals surface area contributed by atoms with E-state index >= 15 is 0 Å². The molecule has 112 valence electrons. The van der Waals surface area contributed by atoms with Crippen molar-refractivity contribution in [3.8, 4) is 0 Å². The molecule has 1 aromatic carbocycles. The van der Waals surface area contributed by atoms with Crippen molar-refractivity contribution in [1.82, 2.24) is 9.78 Å². The third-order valence-corrected chi connectivity index (χ3v) is 2.86. The molecular formula is C14H17N4NaO2S. The first-order valence-electron chi connectivity index (χ1n) is 6.22. The molecular weight excluding hydrogens is 311 g/mol. The molecule has 0 bridgehead atoms. The van der Waals surface area contributed by atoms with Crippen LogP contribution < -0.4 is 40.2 Å². The maximum absolute atomic E-state index is 12.0. The number of carbonyl (C=O) groups is 1. The van der Waals surface area contributed by atoms with E-state index in [9.17, 15) is 9.00 Å². The summed E-state index contributed by atoms with van der Waals surface area (Å²) < 4.78 is 11.1. The van der Waals surface area contributed by atoms with Crippen LogP contribution >= 0.6 is 0 Å². The normalized spacial score (nSPS) is 13.0. The van der Waals surface area contributed by atoms with Crippen LogP contribution in [0.15, 0.2) is 24.4 Å². The topological polar surface area (TPSA) is 76.0 Å². The molecule has 22 heavy (non-hydrogen) atoms. The van der Waals surface area contributed by atoms with Gasteiger partial charge in [-0.1, -0.05) is 6.07 Å². The molecule has 1 amide bonds. The van der Waals surface area contributed by atoms with Gasteiger partial charge in [0, 0.05) is 7.05 Å². The first kappa shape index (κ1) is 18.9. The van der Waals surface area contributed by atoms with Crippen LogP contribution in [0.5, 0.6) is 0 Å². The first-order valence-corrected chi connectivity index (χ1v) is 7.95. The quantitative estimate of drug-likeness (QED) is 0.490. The van der Waals surface area contributed by atoms with Crippen molar-refractivity contribution in [2.75, 3.05) is 16.9 Å². The molecule has 0 spiro atoms. The number of hydrogen-bond donors (Lipinski definition) is 2. The van der Waals surface area contributed by atoms with Crippen LogP contribution in [0.25, 0.3) is 0 Å². The molecule has 1 aromatic heterocycles. The second-order valence-corrected chi connectivity index (χ2v) is 5.88. The Hall–Kier alpha value is -1.15. The van der Waals surface area contributed by atoms with E-state index in [1.54, 1.807) is 17.9 Å². The summed E-state index contributed by atoms with van der Waals surface area (Å²) in [6.45, 7) is 2.01. The summed E-state index contributed by atoms with van der Waals surface area (Å²) in [6, 6.07) is 5.86. The molecule has 1 unspecified atom stereocenters. The molecule has 6 nitrogen and oxygen atoms in total. The van der Waals surface area contributed by atoms with Crippen LogP contribution in [-0.2, 0) is 17.8 Å². The summed E-state index contributed by atoms with van der Waals surface area (Å²) in [4.78, 5) is 12.0. The Bertz CT molecular complexity index is 711. The Kier molecular flexibility index (Phi) is 6.80. The Morgan fingerprint density at radius 3 is 2.55 bits per heavy atom. The van der Waals surface area contributed by atoms with Crippen LogP contribution in [0.4, 0.5) is 17.2 Å². The molecule has 1 aliphatic heterocycles. The summed E-state index contributed by atoms with van der Waals surface area (Å²) in [7, 11) is 0.944. The van der Waals surface area contributed by atoms with Crippen LogP contribution in [0.2, 0.25) is 0 Å². The number of benzene rings is 1. The van der Waals surface area contributed by atoms with Crippen molar-refractivity contribution in [1.29, 1.82) is 0 Å². The van der Waals surface area contributed by atoms with Gasteiger partial charge >= 0.3 is 29.6 Å². The average Bonchev–Trinajstić information content (AvgIpc) is 2.66. The molecule has 1 atom stereocenters. The van der Waals surface area contributed by atoms with Gasteiger partial charge in [-0.05, 0) is 30.9 Å². The Morgan fingerprint density at radius 2 is 1.91 bits per heavy atom. The van der Waals surface area contributed by atoms with Gasteiger partial charge in [0.2, 0.25) is 0 Å². The van der Waals surface area contributed by atoms with E-state index in [4.69, 9.17) is 0 Å². The van der Waals surface area contributed by atoms with Gasteiger partial charge in [0.25, 0.3) is 5.91 Å². The van der Waals surface area contributed by atoms with Gasteiger partial charge in [0.15, 0.2) is 0 Å². The van der Waals surface area contributed by atoms with Gasteiger partial charge in [-0.15, -0.1) is 10.8 Å². The maximum atomic E-state index is 12.0. The zero-order chi connectivity index (χ0) is 15.6. The van der Waals surface area contributed by atoms with Gasteiger partial charge < -0.3 is 10.6 Å². The maximum Gasteiger partial charge on any atom is 1.00 e. The summed E-state index contributed by atoms with van der Waals surface area (Å²) in [6.07, 6.45) is 6.20. The number of nitrogens with zero attached hydrogens (tertiary/aromatic N) is 2. The predicted molar refractivity (Wildman–Crippen MR) is 85.0 cm³/mol. The zero-order valence-corrected chi connectivity index (χ0v) is 16.0. The number of rotatable bonds is 0. The van der Waals surface area contributed by atoms with Crippen molar-refractivity contribution >= 4 is 33.9 Å². The Balaban J connectivity index is 0.000000436. The number of carbonyl (C=O) groups excluding carboxylic acids is 1. The van der Waals surface area contributed by atoms with Crippen molar-refractivity contribution in [3.63, 3.8) is 0 Å². The monoisotopic (exact) mass is 328 g/mol. The van der Waals surface area contributed by atoms with Gasteiger partial charge in [-0.3, -0.25) is 19.9 Å². The fourth-order valence-corrected chi connectivity index (χ4v) is 1.94. The summed E-state index contributed by atoms with van der Waals surface area (Å²) in [5.41, 5.74) is 3.37. The first-order chi connectivity index (χ1) is 9.88. The van der Waals surface area contributed by atoms with E-state index in [-0.39, 0.29) is 35.5 Å². The standard InChI is InChI=1S/C12H12N4O.C2H5OS.Na/c1-7-3-4-9-10(5-7)14-11-8(12(17)15-9)6-13-16(11)2;1-4(2)3;/h3-6,14H,1-2H3,(H,15,17);1H2,2H3;/q;-1;+1. The third-order valence-electron chi connectivity index (χ3n) is 2.86. The fourth-order valence-electron chi connectivity index (χ4n) is 1.94. The molecule has 2 N–H and O–H groups in total. The van der Waals surface area contributed by atoms with Crippen LogP contribution in [0, 0.1) is 13.2 Å². The largest absolute Gasteiger partial charge is 1.00 e. The molecule has 2 heterocycles. The Labute approximate surface area is 154 Å². The zero-order valence-electron chi connectivity index (χ0n) is 13.1. The predicted octanol–water partition coefficient (Wildman–Crippen LogP) is -0.802. The molecule has 3 rings (SSSR count). The van der Waals surface area contributed by atoms with E-state index in [0.717, 1.165) is 16.9 Å². The molecule has 0 saturated heterocycles. The molecule has 0 saturated carbocycles. The minimum absolute atomic E-state index is 0. The van der Waals surface area contributed by atoms with Crippen LogP contribution in [0.1, 0.15) is 15.9 Å². The number of amides is 1. The summed E-state index contributed by atoms with van der Waals surface area (Å²) in [5, 5.41) is 10.2. The molecule has 0 aliphatic carbocycles. The number of aromatic nitrogens is 2. The van der Waals surface area contributed by atoms with Gasteiger partial charge in [0.05, 0.1) is 17.6 Å². The number of aryl methyl sites for hydroxylation is 2. The van der Waals surface area contributed by atoms with E-state index in [0.29, 0.717) is 11.4 Å². The second-order valence-electron chi connectivity index (χ2n) is 4.73. The Morgan fingerprint density at radius 1 is 1.27 bits per heavy atom. The third kappa shape index (κ3) is 4.42. The minimum Gasteiger partial charge on any atom is -0.338 e. The number of hydrogen-bond acceptors (Lipinski definition) is 4. The van der Waals surface area contributed by atoms with Crippen LogP contribution in [0.3, 0.4) is 0 Å². The fraction of sp³-hybridized carbons (Fsp3) is 0.214. The summed E-state index contributed by atoms with van der Waals surface area (Å²) in [5.74, 6) is 0.579. The number of nitrogens with one attached hydrogen (secondary N) is 2. The molecule has 2 aromatic rings. The molecule has 1 aliphatic rings. The van der Waals surface area contributed by atoms with Crippen molar-refractivity contribution in [2.45, 2.75) is 6.92 Å². The second kappa shape index (κ2) is 7.92. The van der Waals surface area contributed by atoms with Crippen molar-refractivity contribution in [2.24, 2.45) is 7.05 Å². The van der Waals surface area contributed by atoms with Gasteiger partial charge in [-0.25, -0.2) is 0 Å². The van der Waals surface area contributed by atoms with E-state index in [2.05, 4.69) is 22.0 Å². The van der Waals surface area contributed by atoms with Crippen molar-refractivity contribution < 1.29 is 38.6 Å².